The van der Waals surface area contributed by atoms with Gasteiger partial charge >= 0.3 is 0 Å². The van der Waals surface area contributed by atoms with Crippen molar-refractivity contribution in [3.05, 3.63) is 65.7 Å². The summed E-state index contributed by atoms with van der Waals surface area (Å²) >= 11 is 0. The van der Waals surface area contributed by atoms with Crippen molar-refractivity contribution in [1.82, 2.24) is 5.16 Å². The van der Waals surface area contributed by atoms with Gasteiger partial charge in [-0.25, -0.2) is 8.42 Å². The number of sulfonamides is 1. The highest BCUT2D eigenvalue weighted by Crippen LogP contribution is 2.30. The van der Waals surface area contributed by atoms with Crippen molar-refractivity contribution in [2.75, 3.05) is 4.72 Å². The normalized spacial score (nSPS) is 12.9. The van der Waals surface area contributed by atoms with Gasteiger partial charge in [-0.05, 0) is 48.8 Å². The summed E-state index contributed by atoms with van der Waals surface area (Å²) < 4.78 is 46.7. The average Bonchev–Trinajstić information content (AvgIpc) is 3.04. The zero-order valence-corrected chi connectivity index (χ0v) is 18.5. The van der Waals surface area contributed by atoms with Crippen LogP contribution in [0.15, 0.2) is 57.9 Å². The molecule has 0 aliphatic heterocycles. The highest BCUT2D eigenvalue weighted by Gasteiger charge is 2.23. The molecule has 0 saturated carbocycles. The van der Waals surface area contributed by atoms with E-state index in [0.29, 0.717) is 17.4 Å². The van der Waals surface area contributed by atoms with Gasteiger partial charge in [-0.3, -0.25) is 4.72 Å². The summed E-state index contributed by atoms with van der Waals surface area (Å²) in [6.45, 7) is 8.08. The van der Waals surface area contributed by atoms with E-state index >= 15 is 0 Å². The third-order valence-electron chi connectivity index (χ3n) is 5.49. The SMILES string of the molecule is Cc1onc(NS(=O)(=O)c2ccccc2-c2ccc(CCC(C)C(C)C)cc2)c1F. The van der Waals surface area contributed by atoms with Crippen molar-refractivity contribution < 1.29 is 17.3 Å². The standard InChI is InChI=1S/C23H27FN2O3S/c1-15(2)16(3)9-10-18-11-13-19(14-12-18)20-7-5-6-8-21(20)30(27,28)26-23-22(24)17(4)29-25-23/h5-8,11-16H,9-10H2,1-4H3,(H,25,26). The summed E-state index contributed by atoms with van der Waals surface area (Å²) in [5.41, 5.74) is 2.52. The maximum absolute atomic E-state index is 14.0. The first-order chi connectivity index (χ1) is 14.2. The summed E-state index contributed by atoms with van der Waals surface area (Å²) in [6.07, 6.45) is 2.08. The lowest BCUT2D eigenvalue weighted by Gasteiger charge is -2.15. The summed E-state index contributed by atoms with van der Waals surface area (Å²) in [6, 6.07) is 14.5. The molecule has 0 amide bonds. The molecule has 3 aromatic rings. The second-order valence-electron chi connectivity index (χ2n) is 7.96. The van der Waals surface area contributed by atoms with Crippen LogP contribution in [0.3, 0.4) is 0 Å². The van der Waals surface area contributed by atoms with Gasteiger partial charge in [-0.1, -0.05) is 68.4 Å². The Balaban J connectivity index is 1.85. The molecule has 1 atom stereocenters. The number of anilines is 1. The molecule has 0 aliphatic carbocycles. The van der Waals surface area contributed by atoms with Crippen LogP contribution in [-0.4, -0.2) is 13.6 Å². The van der Waals surface area contributed by atoms with Gasteiger partial charge in [0, 0.05) is 5.56 Å². The number of aromatic nitrogens is 1. The largest absolute Gasteiger partial charge is 0.356 e. The Morgan fingerprint density at radius 1 is 1.07 bits per heavy atom. The summed E-state index contributed by atoms with van der Waals surface area (Å²) in [7, 11) is -4.05. The molecule has 2 aromatic carbocycles. The highest BCUT2D eigenvalue weighted by molar-refractivity contribution is 7.92. The molecule has 5 nitrogen and oxygen atoms in total. The second kappa shape index (κ2) is 9.00. The fourth-order valence-corrected chi connectivity index (χ4v) is 4.35. The van der Waals surface area contributed by atoms with E-state index in [1.54, 1.807) is 18.2 Å². The molecule has 30 heavy (non-hydrogen) atoms. The molecule has 0 spiro atoms. The lowest BCUT2D eigenvalue weighted by atomic mass is 9.91. The molecule has 0 radical (unpaired) electrons. The number of nitrogens with one attached hydrogen (secondary N) is 1. The predicted octanol–water partition coefficient (Wildman–Crippen LogP) is 5.81. The minimum absolute atomic E-state index is 0.0474. The van der Waals surface area contributed by atoms with Crippen LogP contribution in [-0.2, 0) is 16.4 Å². The fourth-order valence-electron chi connectivity index (χ4n) is 3.12. The molecule has 1 aromatic heterocycles. The van der Waals surface area contributed by atoms with Crippen molar-refractivity contribution in [3.8, 4) is 11.1 Å². The molecule has 1 unspecified atom stereocenters. The Morgan fingerprint density at radius 2 is 1.73 bits per heavy atom. The van der Waals surface area contributed by atoms with Gasteiger partial charge in [0.1, 0.15) is 0 Å². The van der Waals surface area contributed by atoms with Crippen molar-refractivity contribution in [2.45, 2.75) is 45.4 Å². The van der Waals surface area contributed by atoms with E-state index in [1.165, 1.54) is 18.6 Å². The van der Waals surface area contributed by atoms with Gasteiger partial charge in [0.05, 0.1) is 4.90 Å². The average molecular weight is 431 g/mol. The lowest BCUT2D eigenvalue weighted by molar-refractivity contribution is 0.390. The molecule has 1 N–H and O–H groups in total. The maximum Gasteiger partial charge on any atom is 0.263 e. The van der Waals surface area contributed by atoms with Gasteiger partial charge in [0.15, 0.2) is 5.76 Å². The molecule has 3 rings (SSSR count). The quantitative estimate of drug-likeness (QED) is 0.489. The maximum atomic E-state index is 14.0. The smallest absolute Gasteiger partial charge is 0.263 e. The number of rotatable bonds is 8. The number of hydrogen-bond acceptors (Lipinski definition) is 4. The van der Waals surface area contributed by atoms with Gasteiger partial charge in [0.2, 0.25) is 11.6 Å². The Kier molecular flexibility index (Phi) is 6.61. The van der Waals surface area contributed by atoms with Crippen LogP contribution in [0.4, 0.5) is 10.2 Å². The fraction of sp³-hybridized carbons (Fsp3) is 0.348. The van der Waals surface area contributed by atoms with Crippen LogP contribution in [0.2, 0.25) is 0 Å². The summed E-state index contributed by atoms with van der Waals surface area (Å²) in [4.78, 5) is 0.0474. The number of halogens is 1. The van der Waals surface area contributed by atoms with Gasteiger partial charge in [-0.2, -0.15) is 4.39 Å². The first kappa shape index (κ1) is 22.0. The van der Waals surface area contributed by atoms with Crippen molar-refractivity contribution in [2.24, 2.45) is 11.8 Å². The second-order valence-corrected chi connectivity index (χ2v) is 9.61. The molecule has 0 aliphatic rings. The van der Waals surface area contributed by atoms with E-state index in [-0.39, 0.29) is 10.7 Å². The third-order valence-corrected chi connectivity index (χ3v) is 6.89. The molecular weight excluding hydrogens is 403 g/mol. The molecular formula is C23H27FN2O3S. The van der Waals surface area contributed by atoms with Crippen LogP contribution < -0.4 is 4.72 Å². The molecule has 0 fully saturated rings. The van der Waals surface area contributed by atoms with Gasteiger partial charge in [0.25, 0.3) is 10.0 Å². The van der Waals surface area contributed by atoms with Gasteiger partial charge in [-0.15, -0.1) is 0 Å². The van der Waals surface area contributed by atoms with E-state index in [9.17, 15) is 12.8 Å². The van der Waals surface area contributed by atoms with Crippen LogP contribution >= 0.6 is 0 Å². The lowest BCUT2D eigenvalue weighted by Crippen LogP contribution is -2.15. The van der Waals surface area contributed by atoms with Crippen molar-refractivity contribution >= 4 is 15.8 Å². The predicted molar refractivity (Wildman–Crippen MR) is 116 cm³/mol. The Hall–Kier alpha value is -2.67. The molecule has 1 heterocycles. The zero-order chi connectivity index (χ0) is 21.9. The minimum atomic E-state index is -4.05. The Morgan fingerprint density at radius 3 is 2.33 bits per heavy atom. The summed E-state index contributed by atoms with van der Waals surface area (Å²) in [5.74, 6) is -0.0642. The molecule has 0 bridgehead atoms. The third kappa shape index (κ3) is 4.90. The van der Waals surface area contributed by atoms with Gasteiger partial charge < -0.3 is 4.52 Å². The monoisotopic (exact) mass is 430 g/mol. The Labute approximate surface area is 177 Å². The molecule has 7 heteroatoms. The first-order valence-electron chi connectivity index (χ1n) is 10.0. The van der Waals surface area contributed by atoms with E-state index in [4.69, 9.17) is 4.52 Å². The number of hydrogen-bond donors (Lipinski definition) is 1. The number of aryl methyl sites for hydroxylation is 2. The van der Waals surface area contributed by atoms with Crippen LogP contribution in [0.1, 0.15) is 38.5 Å². The first-order valence-corrected chi connectivity index (χ1v) is 11.5. The number of nitrogens with zero attached hydrogens (tertiary/aromatic N) is 1. The van der Waals surface area contributed by atoms with E-state index < -0.39 is 21.7 Å². The molecule has 160 valence electrons. The van der Waals surface area contributed by atoms with Crippen LogP contribution in [0.25, 0.3) is 11.1 Å². The minimum Gasteiger partial charge on any atom is -0.356 e. The van der Waals surface area contributed by atoms with E-state index in [1.807, 2.05) is 24.3 Å². The molecule has 0 saturated heterocycles. The topological polar surface area (TPSA) is 72.2 Å². The van der Waals surface area contributed by atoms with Crippen molar-refractivity contribution in [3.63, 3.8) is 0 Å². The summed E-state index contributed by atoms with van der Waals surface area (Å²) in [5, 5.41) is 3.45. The van der Waals surface area contributed by atoms with Crippen LogP contribution in [0, 0.1) is 24.6 Å². The highest BCUT2D eigenvalue weighted by atomic mass is 32.2. The van der Waals surface area contributed by atoms with Crippen molar-refractivity contribution in [1.29, 1.82) is 0 Å². The Bertz CT molecular complexity index is 1110. The van der Waals surface area contributed by atoms with Crippen LogP contribution in [0.5, 0.6) is 0 Å². The van der Waals surface area contributed by atoms with E-state index in [2.05, 4.69) is 30.6 Å². The van der Waals surface area contributed by atoms with E-state index in [0.717, 1.165) is 18.4 Å². The zero-order valence-electron chi connectivity index (χ0n) is 17.6. The number of benzene rings is 2.